The van der Waals surface area contributed by atoms with Crippen molar-refractivity contribution in [2.75, 3.05) is 19.6 Å². The van der Waals surface area contributed by atoms with Crippen LogP contribution in [0.5, 0.6) is 0 Å². The molecule has 0 aliphatic carbocycles. The first kappa shape index (κ1) is 14.0. The summed E-state index contributed by atoms with van der Waals surface area (Å²) in [5.41, 5.74) is 6.86. The maximum absolute atomic E-state index is 11.7. The van der Waals surface area contributed by atoms with E-state index in [1.165, 1.54) is 0 Å². The van der Waals surface area contributed by atoms with Crippen molar-refractivity contribution in [1.82, 2.24) is 15.5 Å². The predicted molar refractivity (Wildman–Crippen MR) is 71.5 cm³/mol. The van der Waals surface area contributed by atoms with Crippen LogP contribution in [-0.4, -0.2) is 42.4 Å². The number of nitrogens with two attached hydrogens (primary N) is 1. The Kier molecular flexibility index (Phi) is 4.31. The molecule has 1 fully saturated rings. The average molecular weight is 276 g/mol. The van der Waals surface area contributed by atoms with Gasteiger partial charge in [0.15, 0.2) is 0 Å². The minimum atomic E-state index is -0.544. The zero-order valence-corrected chi connectivity index (χ0v) is 10.8. The number of amides is 4. The minimum absolute atomic E-state index is 0.0863. The Balaban J connectivity index is 1.78. The van der Waals surface area contributed by atoms with Crippen LogP contribution in [0, 0.1) is 0 Å². The van der Waals surface area contributed by atoms with Crippen molar-refractivity contribution in [3.63, 3.8) is 0 Å². The van der Waals surface area contributed by atoms with Gasteiger partial charge >= 0.3 is 6.03 Å². The number of hydrogen-bond acceptors (Lipinski definition) is 4. The molecule has 4 N–H and O–H groups in total. The van der Waals surface area contributed by atoms with E-state index in [1.54, 1.807) is 0 Å². The third-order valence-corrected chi connectivity index (χ3v) is 2.95. The van der Waals surface area contributed by atoms with E-state index in [0.29, 0.717) is 0 Å². The summed E-state index contributed by atoms with van der Waals surface area (Å²) in [7, 11) is 0. The lowest BCUT2D eigenvalue weighted by molar-refractivity contribution is -0.122. The molecule has 1 aromatic rings. The van der Waals surface area contributed by atoms with Crippen molar-refractivity contribution < 1.29 is 14.4 Å². The van der Waals surface area contributed by atoms with Crippen LogP contribution in [0.15, 0.2) is 30.3 Å². The molecule has 7 heteroatoms. The molecule has 1 atom stereocenters. The Bertz CT molecular complexity index is 518. The van der Waals surface area contributed by atoms with Gasteiger partial charge < -0.3 is 16.0 Å². The zero-order chi connectivity index (χ0) is 14.5. The molecule has 1 unspecified atom stereocenters. The number of hydrogen-bond donors (Lipinski definition) is 3. The molecule has 1 saturated heterocycles. The molecule has 1 aliphatic rings. The summed E-state index contributed by atoms with van der Waals surface area (Å²) in [6.07, 6.45) is 0. The summed E-state index contributed by atoms with van der Waals surface area (Å²) in [5, 5.41) is 4.75. The first-order chi connectivity index (χ1) is 9.56. The number of carbonyl (C=O) groups is 3. The van der Waals surface area contributed by atoms with Gasteiger partial charge in [0.05, 0.1) is 0 Å². The Morgan fingerprint density at radius 2 is 2.05 bits per heavy atom. The van der Waals surface area contributed by atoms with Crippen LogP contribution in [-0.2, 0) is 9.59 Å². The summed E-state index contributed by atoms with van der Waals surface area (Å²) in [6, 6.07) is 8.53. The van der Waals surface area contributed by atoms with Crippen molar-refractivity contribution in [2.45, 2.75) is 6.04 Å². The normalized spacial score (nSPS) is 15.9. The minimum Gasteiger partial charge on any atom is -0.353 e. The number of urea groups is 1. The highest BCUT2D eigenvalue weighted by Gasteiger charge is 2.28. The smallest absolute Gasteiger partial charge is 0.325 e. The van der Waals surface area contributed by atoms with Gasteiger partial charge in [-0.2, -0.15) is 0 Å². The van der Waals surface area contributed by atoms with E-state index in [0.717, 1.165) is 10.5 Å². The second kappa shape index (κ2) is 6.16. The van der Waals surface area contributed by atoms with Gasteiger partial charge in [0.2, 0.25) is 11.8 Å². The van der Waals surface area contributed by atoms with Crippen LogP contribution in [0.4, 0.5) is 4.79 Å². The second-order valence-electron chi connectivity index (χ2n) is 4.53. The fraction of sp³-hybridized carbons (Fsp3) is 0.308. The molecule has 0 bridgehead atoms. The Morgan fingerprint density at radius 3 is 2.65 bits per heavy atom. The Morgan fingerprint density at radius 1 is 1.35 bits per heavy atom. The second-order valence-corrected chi connectivity index (χ2v) is 4.53. The molecule has 1 aliphatic heterocycles. The van der Waals surface area contributed by atoms with Crippen LogP contribution < -0.4 is 16.4 Å². The monoisotopic (exact) mass is 276 g/mol. The van der Waals surface area contributed by atoms with Gasteiger partial charge in [0, 0.05) is 12.6 Å². The standard InChI is InChI=1S/C13H16N4O3/c14-10(9-4-2-1-3-5-9)6-15-11(18)7-17-8-12(19)16-13(17)20/h1-5,10H,6-8,14H2,(H,15,18)(H,16,19,20). The van der Waals surface area contributed by atoms with Gasteiger partial charge in [0.25, 0.3) is 0 Å². The number of benzene rings is 1. The third kappa shape index (κ3) is 3.55. The molecule has 2 rings (SSSR count). The van der Waals surface area contributed by atoms with Gasteiger partial charge in [-0.05, 0) is 5.56 Å². The van der Waals surface area contributed by atoms with Gasteiger partial charge in [-0.1, -0.05) is 30.3 Å². The van der Waals surface area contributed by atoms with Crippen LogP contribution >= 0.6 is 0 Å². The molecule has 20 heavy (non-hydrogen) atoms. The first-order valence-corrected chi connectivity index (χ1v) is 6.22. The average Bonchev–Trinajstić information content (AvgIpc) is 2.75. The number of carbonyl (C=O) groups excluding carboxylic acids is 3. The molecule has 1 heterocycles. The third-order valence-electron chi connectivity index (χ3n) is 2.95. The van der Waals surface area contributed by atoms with E-state index in [2.05, 4.69) is 10.6 Å². The van der Waals surface area contributed by atoms with Crippen LogP contribution in [0.3, 0.4) is 0 Å². The summed E-state index contributed by atoms with van der Waals surface area (Å²) in [5.74, 6) is -0.745. The number of nitrogens with zero attached hydrogens (tertiary/aromatic N) is 1. The van der Waals surface area contributed by atoms with Crippen molar-refractivity contribution in [2.24, 2.45) is 5.73 Å². The van der Waals surface area contributed by atoms with E-state index in [-0.39, 0.29) is 31.6 Å². The van der Waals surface area contributed by atoms with E-state index in [9.17, 15) is 14.4 Å². The molecule has 0 aromatic heterocycles. The molecule has 0 spiro atoms. The lowest BCUT2D eigenvalue weighted by atomic mass is 10.1. The number of imide groups is 1. The molecule has 4 amide bonds. The van der Waals surface area contributed by atoms with E-state index in [4.69, 9.17) is 5.73 Å². The van der Waals surface area contributed by atoms with Crippen molar-refractivity contribution in [3.05, 3.63) is 35.9 Å². The van der Waals surface area contributed by atoms with Crippen LogP contribution in [0.2, 0.25) is 0 Å². The van der Waals surface area contributed by atoms with Gasteiger partial charge in [-0.15, -0.1) is 0 Å². The fourth-order valence-electron chi connectivity index (χ4n) is 1.88. The lowest BCUT2D eigenvalue weighted by Crippen LogP contribution is -2.41. The highest BCUT2D eigenvalue weighted by atomic mass is 16.2. The number of rotatable bonds is 5. The van der Waals surface area contributed by atoms with Crippen molar-refractivity contribution >= 4 is 17.8 Å². The maximum atomic E-state index is 11.7. The summed E-state index contributed by atoms with van der Waals surface area (Å²) < 4.78 is 0. The molecule has 0 saturated carbocycles. The van der Waals surface area contributed by atoms with Gasteiger partial charge in [-0.25, -0.2) is 4.79 Å². The highest BCUT2D eigenvalue weighted by Crippen LogP contribution is 2.07. The van der Waals surface area contributed by atoms with Crippen LogP contribution in [0.25, 0.3) is 0 Å². The van der Waals surface area contributed by atoms with Crippen molar-refractivity contribution in [1.29, 1.82) is 0 Å². The summed E-state index contributed by atoms with van der Waals surface area (Å²) >= 11 is 0. The van der Waals surface area contributed by atoms with E-state index in [1.807, 2.05) is 30.3 Å². The number of nitrogens with one attached hydrogen (secondary N) is 2. The molecular weight excluding hydrogens is 260 g/mol. The van der Waals surface area contributed by atoms with E-state index < -0.39 is 11.9 Å². The van der Waals surface area contributed by atoms with Gasteiger partial charge in [0.1, 0.15) is 13.1 Å². The SMILES string of the molecule is NC(CNC(=O)CN1CC(=O)NC1=O)c1ccccc1. The largest absolute Gasteiger partial charge is 0.353 e. The molecule has 0 radical (unpaired) electrons. The molecular formula is C13H16N4O3. The van der Waals surface area contributed by atoms with Crippen molar-refractivity contribution in [3.8, 4) is 0 Å². The maximum Gasteiger partial charge on any atom is 0.325 e. The Hall–Kier alpha value is -2.41. The van der Waals surface area contributed by atoms with Gasteiger partial charge in [-0.3, -0.25) is 14.9 Å². The summed E-state index contributed by atoms with van der Waals surface area (Å²) in [6.45, 7) is 0.0301. The predicted octanol–water partition coefficient (Wildman–Crippen LogP) is -0.646. The molecule has 1 aromatic carbocycles. The topological polar surface area (TPSA) is 105 Å². The van der Waals surface area contributed by atoms with E-state index >= 15 is 0 Å². The lowest BCUT2D eigenvalue weighted by Gasteiger charge is -2.16. The molecule has 7 nitrogen and oxygen atoms in total. The highest BCUT2D eigenvalue weighted by molar-refractivity contribution is 6.03. The molecule has 106 valence electrons. The first-order valence-electron chi connectivity index (χ1n) is 6.22. The summed E-state index contributed by atoms with van der Waals surface area (Å²) in [4.78, 5) is 35.1. The Labute approximate surface area is 116 Å². The zero-order valence-electron chi connectivity index (χ0n) is 10.8. The quantitative estimate of drug-likeness (QED) is 0.622. The fourth-order valence-corrected chi connectivity index (χ4v) is 1.88. The van der Waals surface area contributed by atoms with Crippen LogP contribution in [0.1, 0.15) is 11.6 Å².